The zero-order valence-electron chi connectivity index (χ0n) is 10.2. The summed E-state index contributed by atoms with van der Waals surface area (Å²) in [5, 5.41) is 10.1. The van der Waals surface area contributed by atoms with Gasteiger partial charge in [-0.25, -0.2) is 0 Å². The lowest BCUT2D eigenvalue weighted by Crippen LogP contribution is -2.13. The highest BCUT2D eigenvalue weighted by molar-refractivity contribution is 5.80. The van der Waals surface area contributed by atoms with Crippen LogP contribution in [0.25, 0.3) is 10.9 Å². The maximum absolute atomic E-state index is 12.2. The summed E-state index contributed by atoms with van der Waals surface area (Å²) in [4.78, 5) is 12.2. The molecule has 0 radical (unpaired) electrons. The number of pyridine rings is 1. The van der Waals surface area contributed by atoms with Crippen LogP contribution < -0.4 is 5.43 Å². The highest BCUT2D eigenvalue weighted by Crippen LogP contribution is 2.17. The monoisotopic (exact) mass is 231 g/mol. The first-order valence-corrected chi connectivity index (χ1v) is 5.94. The van der Waals surface area contributed by atoms with Gasteiger partial charge in [-0.15, -0.1) is 0 Å². The molecule has 1 heterocycles. The molecule has 0 bridgehead atoms. The predicted octanol–water partition coefficient (Wildman–Crippen LogP) is 2.59. The molecule has 0 saturated carbocycles. The molecular formula is C14H17NO2. The number of benzene rings is 1. The minimum absolute atomic E-state index is 0.0894. The summed E-state index contributed by atoms with van der Waals surface area (Å²) in [7, 11) is 1.90. The molecule has 1 N–H and O–H groups in total. The highest BCUT2D eigenvalue weighted by Gasteiger charge is 2.07. The Bertz CT molecular complexity index is 599. The molecule has 0 unspecified atom stereocenters. The average molecular weight is 231 g/mol. The summed E-state index contributed by atoms with van der Waals surface area (Å²) in [6.45, 7) is 2.11. The first-order chi connectivity index (χ1) is 8.13. The Morgan fingerprint density at radius 3 is 2.82 bits per heavy atom. The summed E-state index contributed by atoms with van der Waals surface area (Å²) in [5.74, 6) is 0.189. The van der Waals surface area contributed by atoms with Crippen LogP contribution in [0.1, 0.15) is 25.3 Å². The molecule has 0 aliphatic heterocycles. The van der Waals surface area contributed by atoms with E-state index in [1.54, 1.807) is 18.2 Å². The molecule has 0 spiro atoms. The molecule has 0 amide bonds. The number of unbranched alkanes of at least 4 members (excludes halogenated alkanes) is 1. The molecule has 1 aromatic carbocycles. The molecule has 1 aromatic heterocycles. The normalized spacial score (nSPS) is 10.9. The topological polar surface area (TPSA) is 42.2 Å². The molecule has 3 heteroatoms. The Labute approximate surface area is 100 Å². The van der Waals surface area contributed by atoms with Gasteiger partial charge in [-0.2, -0.15) is 0 Å². The van der Waals surface area contributed by atoms with E-state index in [-0.39, 0.29) is 11.2 Å². The van der Waals surface area contributed by atoms with Crippen LogP contribution in [0.5, 0.6) is 5.75 Å². The molecule has 0 aliphatic carbocycles. The Morgan fingerprint density at radius 2 is 2.12 bits per heavy atom. The van der Waals surface area contributed by atoms with Crippen molar-refractivity contribution in [3.63, 3.8) is 0 Å². The molecule has 0 aliphatic rings. The first-order valence-electron chi connectivity index (χ1n) is 5.94. The summed E-state index contributed by atoms with van der Waals surface area (Å²) in [6.07, 6.45) is 4.80. The number of hydrogen-bond donors (Lipinski definition) is 1. The molecule has 2 rings (SSSR count). The number of aromatic hydroxyl groups is 1. The third-order valence-electron chi connectivity index (χ3n) is 3.05. The fourth-order valence-corrected chi connectivity index (χ4v) is 2.08. The smallest absolute Gasteiger partial charge is 0.192 e. The van der Waals surface area contributed by atoms with E-state index in [2.05, 4.69) is 6.92 Å². The minimum atomic E-state index is 0.0894. The van der Waals surface area contributed by atoms with Gasteiger partial charge in [0.2, 0.25) is 0 Å². The van der Waals surface area contributed by atoms with Gasteiger partial charge in [0.25, 0.3) is 0 Å². The van der Waals surface area contributed by atoms with E-state index in [9.17, 15) is 9.90 Å². The van der Waals surface area contributed by atoms with Crippen LogP contribution in [0.15, 0.2) is 29.2 Å². The van der Waals surface area contributed by atoms with Crippen molar-refractivity contribution in [2.75, 3.05) is 0 Å². The quantitative estimate of drug-likeness (QED) is 0.882. The lowest BCUT2D eigenvalue weighted by atomic mass is 10.1. The van der Waals surface area contributed by atoms with Crippen molar-refractivity contribution in [1.82, 2.24) is 4.57 Å². The second-order valence-electron chi connectivity index (χ2n) is 4.40. The molecule has 0 atom stereocenters. The largest absolute Gasteiger partial charge is 0.508 e. The van der Waals surface area contributed by atoms with Crippen molar-refractivity contribution >= 4 is 10.9 Å². The number of fused-ring (bicyclic) bond motifs is 1. The highest BCUT2D eigenvalue weighted by atomic mass is 16.3. The Balaban J connectivity index is 2.64. The van der Waals surface area contributed by atoms with Crippen LogP contribution in [0.3, 0.4) is 0 Å². The number of rotatable bonds is 3. The number of nitrogens with zero attached hydrogens (tertiary/aromatic N) is 1. The van der Waals surface area contributed by atoms with Crippen molar-refractivity contribution in [1.29, 1.82) is 0 Å². The second-order valence-corrected chi connectivity index (χ2v) is 4.40. The third kappa shape index (κ3) is 2.18. The van der Waals surface area contributed by atoms with Crippen LogP contribution in [0.4, 0.5) is 0 Å². The van der Waals surface area contributed by atoms with Gasteiger partial charge >= 0.3 is 0 Å². The van der Waals surface area contributed by atoms with Crippen molar-refractivity contribution in [3.8, 4) is 5.75 Å². The van der Waals surface area contributed by atoms with Crippen molar-refractivity contribution in [2.45, 2.75) is 26.2 Å². The van der Waals surface area contributed by atoms with E-state index in [1.807, 2.05) is 17.8 Å². The molecule has 2 aromatic rings. The van der Waals surface area contributed by atoms with Crippen LogP contribution in [-0.2, 0) is 13.5 Å². The van der Waals surface area contributed by atoms with E-state index in [0.29, 0.717) is 5.39 Å². The van der Waals surface area contributed by atoms with Crippen LogP contribution in [0, 0.1) is 0 Å². The number of hydrogen-bond acceptors (Lipinski definition) is 2. The standard InChI is InChI=1S/C14H17NO2/c1-3-4-5-10-9-15(2)13-8-11(16)6-7-12(13)14(10)17/h6-9,16H,3-5H2,1-2H3. The van der Waals surface area contributed by atoms with E-state index in [0.717, 1.165) is 30.3 Å². The molecular weight excluding hydrogens is 214 g/mol. The van der Waals surface area contributed by atoms with Gasteiger partial charge in [0.05, 0.1) is 5.52 Å². The number of phenolic OH excluding ortho intramolecular Hbond substituents is 1. The lowest BCUT2D eigenvalue weighted by Gasteiger charge is -2.09. The van der Waals surface area contributed by atoms with Crippen LogP contribution in [0.2, 0.25) is 0 Å². The van der Waals surface area contributed by atoms with Gasteiger partial charge in [-0.05, 0) is 25.0 Å². The zero-order valence-corrected chi connectivity index (χ0v) is 10.2. The number of aromatic nitrogens is 1. The summed E-state index contributed by atoms with van der Waals surface area (Å²) in [5.41, 5.74) is 1.72. The van der Waals surface area contributed by atoms with E-state index in [1.165, 1.54) is 0 Å². The molecule has 17 heavy (non-hydrogen) atoms. The van der Waals surface area contributed by atoms with E-state index < -0.39 is 0 Å². The van der Waals surface area contributed by atoms with Gasteiger partial charge in [-0.3, -0.25) is 4.79 Å². The second kappa shape index (κ2) is 4.62. The van der Waals surface area contributed by atoms with E-state index >= 15 is 0 Å². The van der Waals surface area contributed by atoms with Crippen molar-refractivity contribution in [3.05, 3.63) is 40.2 Å². The Morgan fingerprint density at radius 1 is 1.35 bits per heavy atom. The SMILES string of the molecule is CCCCc1cn(C)c2cc(O)ccc2c1=O. The van der Waals surface area contributed by atoms with Gasteiger partial charge < -0.3 is 9.67 Å². The Hall–Kier alpha value is -1.77. The van der Waals surface area contributed by atoms with Gasteiger partial charge in [0.15, 0.2) is 5.43 Å². The van der Waals surface area contributed by atoms with Gasteiger partial charge in [0.1, 0.15) is 5.75 Å². The fraction of sp³-hybridized carbons (Fsp3) is 0.357. The average Bonchev–Trinajstić information content (AvgIpc) is 2.32. The van der Waals surface area contributed by atoms with Gasteiger partial charge in [-0.1, -0.05) is 13.3 Å². The lowest BCUT2D eigenvalue weighted by molar-refractivity contribution is 0.476. The molecule has 3 nitrogen and oxygen atoms in total. The fourth-order valence-electron chi connectivity index (χ4n) is 2.08. The molecule has 0 fully saturated rings. The predicted molar refractivity (Wildman–Crippen MR) is 69.5 cm³/mol. The van der Waals surface area contributed by atoms with E-state index in [4.69, 9.17) is 0 Å². The first kappa shape index (κ1) is 11.7. The Kier molecular flexibility index (Phi) is 3.18. The minimum Gasteiger partial charge on any atom is -0.508 e. The van der Waals surface area contributed by atoms with Gasteiger partial charge in [0, 0.05) is 30.3 Å². The van der Waals surface area contributed by atoms with Crippen molar-refractivity contribution < 1.29 is 5.11 Å². The summed E-state index contributed by atoms with van der Waals surface area (Å²) >= 11 is 0. The molecule has 90 valence electrons. The zero-order chi connectivity index (χ0) is 12.4. The van der Waals surface area contributed by atoms with Crippen LogP contribution >= 0.6 is 0 Å². The maximum Gasteiger partial charge on any atom is 0.192 e. The number of phenols is 1. The third-order valence-corrected chi connectivity index (χ3v) is 3.05. The summed E-state index contributed by atoms with van der Waals surface area (Å²) in [6, 6.07) is 4.89. The molecule has 0 saturated heterocycles. The number of aryl methyl sites for hydroxylation is 2. The maximum atomic E-state index is 12.2. The summed E-state index contributed by atoms with van der Waals surface area (Å²) < 4.78 is 1.90. The van der Waals surface area contributed by atoms with Crippen molar-refractivity contribution in [2.24, 2.45) is 7.05 Å². The van der Waals surface area contributed by atoms with Crippen LogP contribution in [-0.4, -0.2) is 9.67 Å².